The first-order valence-corrected chi connectivity index (χ1v) is 9.72. The summed E-state index contributed by atoms with van der Waals surface area (Å²) in [4.78, 5) is 22.4. The van der Waals surface area contributed by atoms with Gasteiger partial charge in [-0.3, -0.25) is 4.79 Å². The highest BCUT2D eigenvalue weighted by Gasteiger charge is 2.30. The summed E-state index contributed by atoms with van der Waals surface area (Å²) in [6.45, 7) is 4.41. The molecule has 1 N–H and O–H groups in total. The number of aromatic nitrogens is 7. The molecule has 1 atom stereocenters. The molecule has 4 rings (SSSR count). The average Bonchev–Trinajstić information content (AvgIpc) is 3.45. The number of aliphatic hydroxyl groups is 1. The van der Waals surface area contributed by atoms with E-state index < -0.39 is 5.60 Å². The van der Waals surface area contributed by atoms with E-state index in [1.54, 1.807) is 41.9 Å². The van der Waals surface area contributed by atoms with E-state index in [0.717, 1.165) is 12.8 Å². The normalized spacial score (nSPS) is 17.2. The van der Waals surface area contributed by atoms with Crippen LogP contribution in [0.1, 0.15) is 48.8 Å². The first-order chi connectivity index (χ1) is 14.4. The van der Waals surface area contributed by atoms with Crippen molar-refractivity contribution in [3.05, 3.63) is 42.0 Å². The minimum Gasteiger partial charge on any atom is -0.481 e. The van der Waals surface area contributed by atoms with E-state index in [9.17, 15) is 9.90 Å². The predicted molar refractivity (Wildman–Crippen MR) is 105 cm³/mol. The third-order valence-corrected chi connectivity index (χ3v) is 5.04. The SMILES string of the molecule is COc1ccc(C(=O)N2CCCC(n3ncc(C(C)(C)O)n3)C2)c(-n2nccn2)n1. The molecule has 1 amide bonds. The van der Waals surface area contributed by atoms with Gasteiger partial charge in [-0.25, -0.2) is 0 Å². The van der Waals surface area contributed by atoms with Gasteiger partial charge in [0.2, 0.25) is 5.88 Å². The minimum absolute atomic E-state index is 0.0729. The molecular formula is C19H24N8O3. The number of amides is 1. The smallest absolute Gasteiger partial charge is 0.257 e. The Morgan fingerprint density at radius 3 is 2.67 bits per heavy atom. The number of nitrogens with zero attached hydrogens (tertiary/aromatic N) is 8. The number of pyridine rings is 1. The van der Waals surface area contributed by atoms with Gasteiger partial charge in [-0.1, -0.05) is 0 Å². The molecule has 0 aromatic carbocycles. The van der Waals surface area contributed by atoms with Crippen LogP contribution in [0.4, 0.5) is 0 Å². The fourth-order valence-electron chi connectivity index (χ4n) is 3.42. The zero-order chi connectivity index (χ0) is 21.3. The van der Waals surface area contributed by atoms with Crippen LogP contribution in [-0.4, -0.2) is 71.1 Å². The van der Waals surface area contributed by atoms with Crippen LogP contribution in [0.5, 0.6) is 5.88 Å². The summed E-state index contributed by atoms with van der Waals surface area (Å²) in [6.07, 6.45) is 6.27. The van der Waals surface area contributed by atoms with Crippen LogP contribution in [0.25, 0.3) is 5.82 Å². The fourth-order valence-corrected chi connectivity index (χ4v) is 3.42. The second-order valence-corrected chi connectivity index (χ2v) is 7.70. The van der Waals surface area contributed by atoms with Crippen molar-refractivity contribution in [3.8, 4) is 11.7 Å². The lowest BCUT2D eigenvalue weighted by Crippen LogP contribution is -2.41. The maximum atomic E-state index is 13.3. The average molecular weight is 412 g/mol. The van der Waals surface area contributed by atoms with Gasteiger partial charge in [-0.05, 0) is 32.8 Å². The molecule has 0 aliphatic carbocycles. The molecule has 0 radical (unpaired) electrons. The number of likely N-dealkylation sites (tertiary alicyclic amines) is 1. The molecule has 3 aromatic rings. The van der Waals surface area contributed by atoms with Crippen LogP contribution >= 0.6 is 0 Å². The highest BCUT2D eigenvalue weighted by molar-refractivity contribution is 5.97. The van der Waals surface area contributed by atoms with E-state index >= 15 is 0 Å². The molecule has 0 spiro atoms. The van der Waals surface area contributed by atoms with E-state index in [2.05, 4.69) is 25.4 Å². The Bertz CT molecular complexity index is 1020. The second kappa shape index (κ2) is 7.82. The van der Waals surface area contributed by atoms with E-state index in [-0.39, 0.29) is 11.9 Å². The van der Waals surface area contributed by atoms with Crippen molar-refractivity contribution in [3.63, 3.8) is 0 Å². The van der Waals surface area contributed by atoms with Gasteiger partial charge in [0.15, 0.2) is 5.82 Å². The van der Waals surface area contributed by atoms with Crippen molar-refractivity contribution in [2.24, 2.45) is 0 Å². The van der Waals surface area contributed by atoms with E-state index in [0.29, 0.717) is 36.0 Å². The number of rotatable bonds is 5. The fraction of sp³-hybridized carbons (Fsp3) is 0.474. The summed E-state index contributed by atoms with van der Waals surface area (Å²) in [5.41, 5.74) is -0.182. The molecule has 30 heavy (non-hydrogen) atoms. The van der Waals surface area contributed by atoms with Gasteiger partial charge < -0.3 is 14.7 Å². The van der Waals surface area contributed by atoms with Gasteiger partial charge >= 0.3 is 0 Å². The van der Waals surface area contributed by atoms with Gasteiger partial charge in [-0.2, -0.15) is 30.2 Å². The summed E-state index contributed by atoms with van der Waals surface area (Å²) >= 11 is 0. The highest BCUT2D eigenvalue weighted by atomic mass is 16.5. The van der Waals surface area contributed by atoms with Gasteiger partial charge in [0.05, 0.1) is 37.3 Å². The summed E-state index contributed by atoms with van der Waals surface area (Å²) in [5, 5.41) is 27.1. The molecule has 1 unspecified atom stereocenters. The molecule has 1 saturated heterocycles. The quantitative estimate of drug-likeness (QED) is 0.657. The van der Waals surface area contributed by atoms with Crippen LogP contribution in [0.15, 0.2) is 30.7 Å². The monoisotopic (exact) mass is 412 g/mol. The summed E-state index contributed by atoms with van der Waals surface area (Å²) < 4.78 is 5.19. The molecule has 1 aliphatic rings. The Morgan fingerprint density at radius 2 is 2.00 bits per heavy atom. The molecule has 1 aliphatic heterocycles. The maximum absolute atomic E-state index is 13.3. The Kier molecular flexibility index (Phi) is 5.20. The largest absolute Gasteiger partial charge is 0.481 e. The molecule has 4 heterocycles. The third kappa shape index (κ3) is 3.88. The van der Waals surface area contributed by atoms with E-state index in [4.69, 9.17) is 4.74 Å². The zero-order valence-electron chi connectivity index (χ0n) is 17.1. The Balaban J connectivity index is 1.59. The van der Waals surface area contributed by atoms with Gasteiger partial charge in [0.1, 0.15) is 11.3 Å². The van der Waals surface area contributed by atoms with Crippen LogP contribution in [0.3, 0.4) is 0 Å². The Morgan fingerprint density at radius 1 is 1.23 bits per heavy atom. The molecule has 158 valence electrons. The maximum Gasteiger partial charge on any atom is 0.257 e. The van der Waals surface area contributed by atoms with Crippen LogP contribution in [-0.2, 0) is 5.60 Å². The van der Waals surface area contributed by atoms with E-state index in [1.165, 1.54) is 24.3 Å². The van der Waals surface area contributed by atoms with Crippen LogP contribution < -0.4 is 4.74 Å². The van der Waals surface area contributed by atoms with Crippen molar-refractivity contribution >= 4 is 5.91 Å². The third-order valence-electron chi connectivity index (χ3n) is 5.04. The topological polar surface area (TPSA) is 124 Å². The molecule has 1 fully saturated rings. The molecule has 11 heteroatoms. The van der Waals surface area contributed by atoms with Gasteiger partial charge in [0.25, 0.3) is 5.91 Å². The lowest BCUT2D eigenvalue weighted by Gasteiger charge is -2.32. The number of hydrogen-bond donors (Lipinski definition) is 1. The van der Waals surface area contributed by atoms with Crippen LogP contribution in [0, 0.1) is 0 Å². The van der Waals surface area contributed by atoms with Crippen molar-refractivity contribution in [2.45, 2.75) is 38.3 Å². The summed E-state index contributed by atoms with van der Waals surface area (Å²) in [7, 11) is 1.51. The molecule has 3 aromatic heterocycles. The number of hydrogen-bond acceptors (Lipinski definition) is 8. The van der Waals surface area contributed by atoms with Crippen molar-refractivity contribution < 1.29 is 14.6 Å². The minimum atomic E-state index is -1.07. The van der Waals surface area contributed by atoms with Crippen LogP contribution in [0.2, 0.25) is 0 Å². The van der Waals surface area contributed by atoms with Gasteiger partial charge in [0, 0.05) is 19.2 Å². The first kappa shape index (κ1) is 20.0. The lowest BCUT2D eigenvalue weighted by atomic mass is 10.0. The highest BCUT2D eigenvalue weighted by Crippen LogP contribution is 2.25. The number of methoxy groups -OCH3 is 1. The number of carbonyl (C=O) groups is 1. The molecular weight excluding hydrogens is 388 g/mol. The Labute approximate surface area is 173 Å². The standard InChI is InChI=1S/C19H24N8O3/c1-19(2,29)15-11-22-26(24-15)13-5-4-10-25(12-13)18(28)14-6-7-16(30-3)23-17(14)27-20-8-9-21-27/h6-9,11,13,29H,4-5,10,12H2,1-3H3. The Hall–Kier alpha value is -3.34. The molecule has 0 saturated carbocycles. The predicted octanol–water partition coefficient (Wildman–Crippen LogP) is 0.967. The first-order valence-electron chi connectivity index (χ1n) is 9.72. The number of carbonyl (C=O) groups excluding carboxylic acids is 1. The van der Waals surface area contributed by atoms with E-state index in [1.807, 2.05) is 0 Å². The van der Waals surface area contributed by atoms with Crippen molar-refractivity contribution in [1.29, 1.82) is 0 Å². The summed E-state index contributed by atoms with van der Waals surface area (Å²) in [6, 6.07) is 3.25. The van der Waals surface area contributed by atoms with Crippen molar-refractivity contribution in [1.82, 2.24) is 39.9 Å². The summed E-state index contributed by atoms with van der Waals surface area (Å²) in [5.74, 6) is 0.514. The second-order valence-electron chi connectivity index (χ2n) is 7.70. The zero-order valence-corrected chi connectivity index (χ0v) is 17.1. The molecule has 11 nitrogen and oxygen atoms in total. The van der Waals surface area contributed by atoms with Crippen molar-refractivity contribution in [2.75, 3.05) is 20.2 Å². The number of ether oxygens (including phenoxy) is 1. The number of piperidine rings is 1. The van der Waals surface area contributed by atoms with Gasteiger partial charge in [-0.15, -0.1) is 4.80 Å². The lowest BCUT2D eigenvalue weighted by molar-refractivity contribution is 0.0640. The molecule has 0 bridgehead atoms.